The van der Waals surface area contributed by atoms with Crippen molar-refractivity contribution >= 4 is 34.5 Å². The van der Waals surface area contributed by atoms with Gasteiger partial charge in [-0.25, -0.2) is 0 Å². The highest BCUT2D eigenvalue weighted by molar-refractivity contribution is 7.80. The predicted octanol–water partition coefficient (Wildman–Crippen LogP) is 5.26. The Bertz CT molecular complexity index is 1140. The van der Waals surface area contributed by atoms with Crippen LogP contribution in [0, 0.1) is 0 Å². The number of nitrogens with one attached hydrogen (secondary N) is 1. The summed E-state index contributed by atoms with van der Waals surface area (Å²) in [5.74, 6) is 0.990. The van der Waals surface area contributed by atoms with Crippen LogP contribution < -0.4 is 5.32 Å². The van der Waals surface area contributed by atoms with E-state index in [4.69, 9.17) is 38.1 Å². The van der Waals surface area contributed by atoms with Gasteiger partial charge in [0.25, 0.3) is 5.89 Å². The third-order valence-corrected chi connectivity index (χ3v) is 6.15. The summed E-state index contributed by atoms with van der Waals surface area (Å²) in [6.45, 7) is 5.28. The van der Waals surface area contributed by atoms with E-state index in [0.717, 1.165) is 28.8 Å². The first-order valence-corrected chi connectivity index (χ1v) is 11.3. The lowest BCUT2D eigenvalue weighted by Crippen LogP contribution is -2.47. The minimum atomic E-state index is -0.268. The Morgan fingerprint density at radius 3 is 2.69 bits per heavy atom. The molecule has 0 saturated heterocycles. The summed E-state index contributed by atoms with van der Waals surface area (Å²) in [7, 11) is 1.67. The number of allylic oxidation sites excluding steroid dienone is 1. The van der Waals surface area contributed by atoms with Crippen molar-refractivity contribution in [2.75, 3.05) is 20.3 Å². The zero-order chi connectivity index (χ0) is 22.7. The summed E-state index contributed by atoms with van der Waals surface area (Å²) in [5, 5.41) is 8.94. The van der Waals surface area contributed by atoms with Gasteiger partial charge in [-0.05, 0) is 48.8 Å². The largest absolute Gasteiger partial charge is 0.383 e. The van der Waals surface area contributed by atoms with Gasteiger partial charge < -0.3 is 19.5 Å². The SMILES string of the molecule is CCc1ccc(-c2noc(C3=C(C)N(CCOC)C(=S)NC3c3cccc(Cl)c3)n2)cc1. The molecule has 0 saturated carbocycles. The molecular formula is C24H25ClN4O2S. The van der Waals surface area contributed by atoms with E-state index in [1.165, 1.54) is 5.56 Å². The third-order valence-electron chi connectivity index (χ3n) is 5.57. The number of nitrogens with zero attached hydrogens (tertiary/aromatic N) is 3. The average Bonchev–Trinajstić information content (AvgIpc) is 3.28. The Hall–Kier alpha value is -2.74. The molecule has 2 aromatic carbocycles. The number of aromatic nitrogens is 2. The fraction of sp³-hybridized carbons (Fsp3) is 0.292. The van der Waals surface area contributed by atoms with Crippen molar-refractivity contribution in [2.24, 2.45) is 0 Å². The summed E-state index contributed by atoms with van der Waals surface area (Å²) < 4.78 is 11.0. The van der Waals surface area contributed by atoms with E-state index in [9.17, 15) is 0 Å². The summed E-state index contributed by atoms with van der Waals surface area (Å²) >= 11 is 11.9. The second-order valence-electron chi connectivity index (χ2n) is 7.55. The molecule has 3 aromatic rings. The number of hydrogen-bond acceptors (Lipinski definition) is 5. The molecule has 0 radical (unpaired) electrons. The van der Waals surface area contributed by atoms with Crippen molar-refractivity contribution in [1.29, 1.82) is 0 Å². The molecule has 1 aliphatic rings. The van der Waals surface area contributed by atoms with E-state index in [0.29, 0.717) is 35.0 Å². The second kappa shape index (κ2) is 9.81. The molecule has 8 heteroatoms. The minimum Gasteiger partial charge on any atom is -0.383 e. The number of benzene rings is 2. The van der Waals surface area contributed by atoms with Crippen molar-refractivity contribution in [2.45, 2.75) is 26.3 Å². The lowest BCUT2D eigenvalue weighted by Gasteiger charge is -2.37. The number of ether oxygens (including phenoxy) is 1. The summed E-state index contributed by atoms with van der Waals surface area (Å²) in [6.07, 6.45) is 0.980. The number of methoxy groups -OCH3 is 1. The lowest BCUT2D eigenvalue weighted by atomic mass is 9.95. The number of thiocarbonyl (C=S) groups is 1. The van der Waals surface area contributed by atoms with Gasteiger partial charge in [-0.15, -0.1) is 0 Å². The first-order chi connectivity index (χ1) is 15.5. The number of halogens is 1. The smallest absolute Gasteiger partial charge is 0.258 e. The zero-order valence-corrected chi connectivity index (χ0v) is 19.8. The maximum atomic E-state index is 6.28. The van der Waals surface area contributed by atoms with Gasteiger partial charge in [0.15, 0.2) is 5.11 Å². The van der Waals surface area contributed by atoms with Crippen LogP contribution in [0.1, 0.15) is 36.9 Å². The molecule has 1 aliphatic heterocycles. The molecule has 1 unspecified atom stereocenters. The maximum Gasteiger partial charge on any atom is 0.258 e. The molecule has 0 spiro atoms. The predicted molar refractivity (Wildman–Crippen MR) is 130 cm³/mol. The maximum absolute atomic E-state index is 6.28. The Morgan fingerprint density at radius 2 is 2.00 bits per heavy atom. The lowest BCUT2D eigenvalue weighted by molar-refractivity contribution is 0.183. The minimum absolute atomic E-state index is 0.268. The molecule has 4 rings (SSSR count). The third kappa shape index (κ3) is 4.55. The van der Waals surface area contributed by atoms with E-state index < -0.39 is 0 Å². The van der Waals surface area contributed by atoms with Crippen LogP contribution in [0.2, 0.25) is 5.02 Å². The molecule has 0 fully saturated rings. The number of rotatable bonds is 7. The highest BCUT2D eigenvalue weighted by Gasteiger charge is 2.34. The molecule has 0 amide bonds. The van der Waals surface area contributed by atoms with Gasteiger partial charge in [-0.1, -0.05) is 60.1 Å². The van der Waals surface area contributed by atoms with Gasteiger partial charge in [0, 0.05) is 29.9 Å². The van der Waals surface area contributed by atoms with E-state index in [2.05, 4.69) is 29.5 Å². The van der Waals surface area contributed by atoms with Crippen LogP contribution in [0.25, 0.3) is 17.0 Å². The van der Waals surface area contributed by atoms with Gasteiger partial charge in [0.1, 0.15) is 0 Å². The van der Waals surface area contributed by atoms with E-state index >= 15 is 0 Å². The van der Waals surface area contributed by atoms with Gasteiger partial charge in [-0.3, -0.25) is 0 Å². The van der Waals surface area contributed by atoms with Crippen molar-refractivity contribution in [3.63, 3.8) is 0 Å². The monoisotopic (exact) mass is 468 g/mol. The fourth-order valence-corrected chi connectivity index (χ4v) is 4.33. The van der Waals surface area contributed by atoms with Crippen molar-refractivity contribution in [3.8, 4) is 11.4 Å². The topological polar surface area (TPSA) is 63.4 Å². The van der Waals surface area contributed by atoms with Crippen molar-refractivity contribution in [1.82, 2.24) is 20.4 Å². The van der Waals surface area contributed by atoms with Crippen LogP contribution in [-0.2, 0) is 11.2 Å². The Kier molecular flexibility index (Phi) is 6.89. The fourth-order valence-electron chi connectivity index (χ4n) is 3.79. The zero-order valence-electron chi connectivity index (χ0n) is 18.3. The van der Waals surface area contributed by atoms with E-state index in [1.54, 1.807) is 7.11 Å². The van der Waals surface area contributed by atoms with Crippen LogP contribution in [0.5, 0.6) is 0 Å². The first kappa shape index (κ1) is 22.5. The van der Waals surface area contributed by atoms with Crippen LogP contribution in [-0.4, -0.2) is 40.4 Å². The highest BCUT2D eigenvalue weighted by Crippen LogP contribution is 2.37. The highest BCUT2D eigenvalue weighted by atomic mass is 35.5. The normalized spacial score (nSPS) is 16.4. The number of hydrogen-bond donors (Lipinski definition) is 1. The van der Waals surface area contributed by atoms with Crippen LogP contribution in [0.3, 0.4) is 0 Å². The van der Waals surface area contributed by atoms with E-state index in [-0.39, 0.29) is 6.04 Å². The molecule has 1 atom stereocenters. The average molecular weight is 469 g/mol. The molecule has 1 aromatic heterocycles. The van der Waals surface area contributed by atoms with Crippen LogP contribution in [0.15, 0.2) is 58.8 Å². The molecule has 32 heavy (non-hydrogen) atoms. The molecule has 6 nitrogen and oxygen atoms in total. The van der Waals surface area contributed by atoms with Gasteiger partial charge in [0.05, 0.1) is 18.2 Å². The summed E-state index contributed by atoms with van der Waals surface area (Å²) in [5.41, 5.74) is 4.93. The van der Waals surface area contributed by atoms with Crippen molar-refractivity contribution in [3.05, 3.63) is 76.3 Å². The summed E-state index contributed by atoms with van der Waals surface area (Å²) in [4.78, 5) is 6.73. The molecule has 0 aliphatic carbocycles. The van der Waals surface area contributed by atoms with Gasteiger partial charge in [-0.2, -0.15) is 4.98 Å². The van der Waals surface area contributed by atoms with Crippen molar-refractivity contribution < 1.29 is 9.26 Å². The Balaban J connectivity index is 1.78. The molecule has 2 heterocycles. The molecular weight excluding hydrogens is 444 g/mol. The van der Waals surface area contributed by atoms with Crippen LogP contribution in [0.4, 0.5) is 0 Å². The van der Waals surface area contributed by atoms with E-state index in [1.807, 2.05) is 48.2 Å². The molecule has 166 valence electrons. The Labute approximate surface area is 198 Å². The summed E-state index contributed by atoms with van der Waals surface area (Å²) in [6, 6.07) is 15.6. The second-order valence-corrected chi connectivity index (χ2v) is 8.38. The van der Waals surface area contributed by atoms with Crippen LogP contribution >= 0.6 is 23.8 Å². The first-order valence-electron chi connectivity index (χ1n) is 10.5. The number of aryl methyl sites for hydroxylation is 1. The van der Waals surface area contributed by atoms with Gasteiger partial charge in [0.2, 0.25) is 5.82 Å². The van der Waals surface area contributed by atoms with Gasteiger partial charge >= 0.3 is 0 Å². The molecule has 0 bridgehead atoms. The standard InChI is InChI=1S/C24H25ClN4O2S/c1-4-16-8-10-17(11-9-16)22-27-23(31-28-22)20-15(2)29(12-13-30-3)24(32)26-21(20)18-6-5-7-19(25)14-18/h5-11,14,21H,4,12-13H2,1-3H3,(H,26,32). The quantitative estimate of drug-likeness (QED) is 0.474. The Morgan fingerprint density at radius 1 is 1.22 bits per heavy atom. The molecule has 1 N–H and O–H groups in total.